The second-order valence-electron chi connectivity index (χ2n) is 7.79. The fourth-order valence-electron chi connectivity index (χ4n) is 3.83. The minimum atomic E-state index is -0.918. The van der Waals surface area contributed by atoms with E-state index in [1.54, 1.807) is 0 Å². The highest BCUT2D eigenvalue weighted by Crippen LogP contribution is 2.30. The number of hydrogen-bond acceptors (Lipinski definition) is 3. The van der Waals surface area contributed by atoms with Gasteiger partial charge in [0, 0.05) is 29.8 Å². The molecule has 2 aromatic carbocycles. The summed E-state index contributed by atoms with van der Waals surface area (Å²) < 4.78 is 0. The van der Waals surface area contributed by atoms with E-state index in [4.69, 9.17) is 23.8 Å². The van der Waals surface area contributed by atoms with Crippen LogP contribution in [-0.2, 0) is 11.3 Å². The van der Waals surface area contributed by atoms with E-state index in [-0.39, 0.29) is 5.92 Å². The molecule has 0 atom stereocenters. The van der Waals surface area contributed by atoms with Gasteiger partial charge in [0.15, 0.2) is 5.11 Å². The molecule has 1 saturated carbocycles. The van der Waals surface area contributed by atoms with Crippen LogP contribution in [0.15, 0.2) is 48.5 Å². The summed E-state index contributed by atoms with van der Waals surface area (Å²) in [6.07, 6.45) is 3.12. The zero-order chi connectivity index (χ0) is 20.8. The number of carbonyl (C=O) groups excluding carboxylic acids is 1. The molecule has 1 aliphatic rings. The van der Waals surface area contributed by atoms with Crippen LogP contribution >= 0.6 is 23.8 Å². The predicted molar refractivity (Wildman–Crippen MR) is 120 cm³/mol. The molecule has 0 bridgehead atoms. The average molecular weight is 430 g/mol. The Labute approximate surface area is 182 Å². The fourth-order valence-corrected chi connectivity index (χ4v) is 4.20. The Morgan fingerprint density at radius 1 is 1.14 bits per heavy atom. The number of hydrogen-bond donors (Lipinski definition) is 1. The van der Waals surface area contributed by atoms with Crippen molar-refractivity contribution < 1.29 is 9.90 Å². The molecule has 0 saturated heterocycles. The third kappa shape index (κ3) is 6.18. The first-order chi connectivity index (χ1) is 13.9. The van der Waals surface area contributed by atoms with E-state index in [0.717, 1.165) is 36.2 Å². The Bertz CT molecular complexity index is 848. The summed E-state index contributed by atoms with van der Waals surface area (Å²) in [7, 11) is 0. The number of para-hydroxylation sites is 1. The Hall–Kier alpha value is -2.11. The number of carboxylic acids is 1. The van der Waals surface area contributed by atoms with Gasteiger partial charge in [-0.3, -0.25) is 0 Å². The molecular weight excluding hydrogens is 404 g/mol. The van der Waals surface area contributed by atoms with Gasteiger partial charge in [0.1, 0.15) is 0 Å². The molecule has 0 heterocycles. The van der Waals surface area contributed by atoms with E-state index in [2.05, 4.69) is 23.2 Å². The monoisotopic (exact) mass is 429 g/mol. The Balaban J connectivity index is 1.70. The predicted octanol–water partition coefficient (Wildman–Crippen LogP) is 4.40. The molecule has 6 heteroatoms. The maximum absolute atomic E-state index is 11.1. The minimum Gasteiger partial charge on any atom is -0.550 e. The molecule has 2 aromatic rings. The van der Waals surface area contributed by atoms with Crippen molar-refractivity contribution in [3.05, 3.63) is 64.7 Å². The fraction of sp³-hybridized carbons (Fsp3) is 0.391. The molecule has 0 amide bonds. The van der Waals surface area contributed by atoms with Crippen LogP contribution < -0.4 is 10.4 Å². The Kier molecular flexibility index (Phi) is 7.51. The van der Waals surface area contributed by atoms with Gasteiger partial charge in [0.05, 0.1) is 0 Å². The number of aryl methyl sites for hydroxylation is 1. The zero-order valence-electron chi connectivity index (χ0n) is 16.6. The Morgan fingerprint density at radius 3 is 2.41 bits per heavy atom. The summed E-state index contributed by atoms with van der Waals surface area (Å²) in [4.78, 5) is 13.3. The summed E-state index contributed by atoms with van der Waals surface area (Å²) in [6.45, 7) is 3.52. The molecule has 29 heavy (non-hydrogen) atoms. The molecule has 0 spiro atoms. The molecule has 4 nitrogen and oxygen atoms in total. The number of nitrogens with zero attached hydrogens (tertiary/aromatic N) is 1. The number of thiocarbonyl (C=S) groups is 1. The zero-order valence-corrected chi connectivity index (χ0v) is 18.1. The lowest BCUT2D eigenvalue weighted by atomic mass is 9.82. The van der Waals surface area contributed by atoms with Gasteiger partial charge < -0.3 is 20.1 Å². The summed E-state index contributed by atoms with van der Waals surface area (Å²) in [5.74, 6) is -0.819. The molecule has 154 valence electrons. The molecule has 0 aliphatic heterocycles. The van der Waals surface area contributed by atoms with Crippen LogP contribution in [0.25, 0.3) is 0 Å². The number of anilines is 1. The number of nitrogens with one attached hydrogen (secondary N) is 1. The van der Waals surface area contributed by atoms with Gasteiger partial charge in [-0.25, -0.2) is 0 Å². The lowest BCUT2D eigenvalue weighted by Gasteiger charge is -2.34. The second kappa shape index (κ2) is 10.1. The van der Waals surface area contributed by atoms with Gasteiger partial charge in [-0.2, -0.15) is 0 Å². The number of benzene rings is 2. The van der Waals surface area contributed by atoms with Crippen LogP contribution in [0.3, 0.4) is 0 Å². The van der Waals surface area contributed by atoms with Gasteiger partial charge in [-0.1, -0.05) is 41.9 Å². The van der Waals surface area contributed by atoms with E-state index in [0.29, 0.717) is 35.4 Å². The van der Waals surface area contributed by atoms with Gasteiger partial charge >= 0.3 is 0 Å². The van der Waals surface area contributed by atoms with Crippen molar-refractivity contribution in [2.75, 3.05) is 11.9 Å². The van der Waals surface area contributed by atoms with Crippen molar-refractivity contribution >= 4 is 40.6 Å². The number of halogens is 1. The van der Waals surface area contributed by atoms with Crippen molar-refractivity contribution in [1.82, 2.24) is 4.90 Å². The van der Waals surface area contributed by atoms with Crippen molar-refractivity contribution in [2.24, 2.45) is 11.8 Å². The normalized spacial score (nSPS) is 18.8. The first kappa shape index (κ1) is 21.6. The van der Waals surface area contributed by atoms with E-state index >= 15 is 0 Å². The van der Waals surface area contributed by atoms with Crippen molar-refractivity contribution in [1.29, 1.82) is 0 Å². The van der Waals surface area contributed by atoms with Gasteiger partial charge in [-0.05, 0) is 86.0 Å². The Morgan fingerprint density at radius 2 is 1.79 bits per heavy atom. The lowest BCUT2D eigenvalue weighted by Crippen LogP contribution is -2.40. The first-order valence-corrected chi connectivity index (χ1v) is 10.8. The molecule has 0 unspecified atom stereocenters. The van der Waals surface area contributed by atoms with Crippen LogP contribution in [0.5, 0.6) is 0 Å². The lowest BCUT2D eigenvalue weighted by molar-refractivity contribution is -0.312. The SMILES string of the molecule is Cc1ccccc1NC(=S)N(Cc1ccc(Cl)cc1)CC1CCC(C(=O)[O-])CC1. The average Bonchev–Trinajstić information content (AvgIpc) is 2.71. The summed E-state index contributed by atoms with van der Waals surface area (Å²) in [5.41, 5.74) is 3.27. The smallest absolute Gasteiger partial charge is 0.173 e. The van der Waals surface area contributed by atoms with E-state index in [1.807, 2.05) is 42.5 Å². The largest absolute Gasteiger partial charge is 0.550 e. The van der Waals surface area contributed by atoms with E-state index in [9.17, 15) is 9.90 Å². The van der Waals surface area contributed by atoms with Crippen molar-refractivity contribution in [2.45, 2.75) is 39.2 Å². The standard InChI is InChI=1S/C23H27ClN2O2S/c1-16-4-2-3-5-21(16)25-23(29)26(15-18-8-12-20(24)13-9-18)14-17-6-10-19(11-7-17)22(27)28/h2-5,8-9,12-13,17,19H,6-7,10-11,14-15H2,1H3,(H,25,29)(H,27,28)/p-1. The van der Waals surface area contributed by atoms with Crippen molar-refractivity contribution in [3.63, 3.8) is 0 Å². The van der Waals surface area contributed by atoms with Crippen LogP contribution in [0.4, 0.5) is 5.69 Å². The van der Waals surface area contributed by atoms with Crippen molar-refractivity contribution in [3.8, 4) is 0 Å². The van der Waals surface area contributed by atoms with Crippen LogP contribution in [0.2, 0.25) is 5.02 Å². The van der Waals surface area contributed by atoms with Crippen LogP contribution in [0.1, 0.15) is 36.8 Å². The molecule has 1 aliphatic carbocycles. The summed E-state index contributed by atoms with van der Waals surface area (Å²) >= 11 is 11.8. The quantitative estimate of drug-likeness (QED) is 0.689. The highest BCUT2D eigenvalue weighted by Gasteiger charge is 2.24. The highest BCUT2D eigenvalue weighted by molar-refractivity contribution is 7.80. The number of aliphatic carboxylic acids is 1. The maximum Gasteiger partial charge on any atom is 0.173 e. The molecular formula is C23H26ClN2O2S-. The van der Waals surface area contributed by atoms with E-state index < -0.39 is 5.97 Å². The third-order valence-electron chi connectivity index (χ3n) is 5.62. The second-order valence-corrected chi connectivity index (χ2v) is 8.61. The topological polar surface area (TPSA) is 55.4 Å². The molecule has 0 aromatic heterocycles. The number of rotatable bonds is 6. The third-order valence-corrected chi connectivity index (χ3v) is 6.23. The van der Waals surface area contributed by atoms with Gasteiger partial charge in [0.2, 0.25) is 0 Å². The first-order valence-electron chi connectivity index (χ1n) is 9.99. The number of carboxylic acid groups (broad SMARTS) is 1. The maximum atomic E-state index is 11.1. The van der Waals surface area contributed by atoms with Gasteiger partial charge in [-0.15, -0.1) is 0 Å². The van der Waals surface area contributed by atoms with Crippen LogP contribution in [-0.4, -0.2) is 22.5 Å². The van der Waals surface area contributed by atoms with Gasteiger partial charge in [0.25, 0.3) is 0 Å². The molecule has 3 rings (SSSR count). The minimum absolute atomic E-state index is 0.312. The molecule has 1 fully saturated rings. The molecule has 0 radical (unpaired) electrons. The van der Waals surface area contributed by atoms with Crippen LogP contribution in [0, 0.1) is 18.8 Å². The van der Waals surface area contributed by atoms with E-state index in [1.165, 1.54) is 0 Å². The summed E-state index contributed by atoms with van der Waals surface area (Å²) in [5, 5.41) is 15.9. The molecule has 1 N–H and O–H groups in total. The number of carbonyl (C=O) groups is 1. The highest BCUT2D eigenvalue weighted by atomic mass is 35.5. The summed E-state index contributed by atoms with van der Waals surface area (Å²) in [6, 6.07) is 15.9.